The molecule has 0 nitrogen and oxygen atoms in total. The lowest BCUT2D eigenvalue weighted by atomic mass is 9.87. The van der Waals surface area contributed by atoms with E-state index in [0.29, 0.717) is 0 Å². The van der Waals surface area contributed by atoms with Crippen LogP contribution in [0.1, 0.15) is 54.7 Å². The van der Waals surface area contributed by atoms with Crippen LogP contribution in [0.2, 0.25) is 0 Å². The van der Waals surface area contributed by atoms with Gasteiger partial charge in [0.1, 0.15) is 5.82 Å². The lowest BCUT2D eigenvalue weighted by Gasteiger charge is -2.23. The van der Waals surface area contributed by atoms with Crippen molar-refractivity contribution >= 4 is 11.6 Å². The molecule has 0 radical (unpaired) electrons. The molecular formula is C15H20ClF. The highest BCUT2D eigenvalue weighted by Crippen LogP contribution is 2.38. The Labute approximate surface area is 108 Å². The number of benzene rings is 1. The summed E-state index contributed by atoms with van der Waals surface area (Å²) in [6.07, 6.45) is 5.61. The molecule has 0 aromatic heterocycles. The molecule has 1 fully saturated rings. The molecule has 1 aromatic carbocycles. The van der Waals surface area contributed by atoms with Gasteiger partial charge in [0.2, 0.25) is 0 Å². The monoisotopic (exact) mass is 254 g/mol. The summed E-state index contributed by atoms with van der Waals surface area (Å²) < 4.78 is 14.1. The Kier molecular flexibility index (Phi) is 4.09. The standard InChI is InChI=1S/C15H20ClF/c1-10-8-11(2)15(14(17)9-10)12-6-4-3-5-7-13(12)16/h8-9,12-13H,3-7H2,1-2H3. The van der Waals surface area contributed by atoms with Crippen molar-refractivity contribution in [1.82, 2.24) is 0 Å². The van der Waals surface area contributed by atoms with Crippen LogP contribution in [0.25, 0.3) is 0 Å². The first-order chi connectivity index (χ1) is 8.09. The van der Waals surface area contributed by atoms with Crippen molar-refractivity contribution < 1.29 is 4.39 Å². The van der Waals surface area contributed by atoms with Gasteiger partial charge < -0.3 is 0 Å². The number of rotatable bonds is 1. The van der Waals surface area contributed by atoms with E-state index in [-0.39, 0.29) is 17.1 Å². The summed E-state index contributed by atoms with van der Waals surface area (Å²) in [6, 6.07) is 3.70. The highest BCUT2D eigenvalue weighted by molar-refractivity contribution is 6.21. The van der Waals surface area contributed by atoms with Crippen LogP contribution in [0, 0.1) is 19.7 Å². The molecule has 94 valence electrons. The van der Waals surface area contributed by atoms with Crippen LogP contribution >= 0.6 is 11.6 Å². The van der Waals surface area contributed by atoms with Gasteiger partial charge in [0, 0.05) is 11.3 Å². The molecule has 0 saturated heterocycles. The van der Waals surface area contributed by atoms with Gasteiger partial charge >= 0.3 is 0 Å². The zero-order valence-electron chi connectivity index (χ0n) is 10.6. The van der Waals surface area contributed by atoms with Gasteiger partial charge in [-0.05, 0) is 49.4 Å². The fourth-order valence-corrected chi connectivity index (χ4v) is 3.39. The van der Waals surface area contributed by atoms with Crippen molar-refractivity contribution in [3.05, 3.63) is 34.6 Å². The third-order valence-electron chi connectivity index (χ3n) is 3.78. The molecule has 1 aliphatic carbocycles. The molecule has 1 saturated carbocycles. The second kappa shape index (κ2) is 5.39. The van der Waals surface area contributed by atoms with Gasteiger partial charge in [0.15, 0.2) is 0 Å². The van der Waals surface area contributed by atoms with Crippen LogP contribution < -0.4 is 0 Å². The van der Waals surface area contributed by atoms with E-state index in [1.807, 2.05) is 13.8 Å². The summed E-state index contributed by atoms with van der Waals surface area (Å²) in [7, 11) is 0. The van der Waals surface area contributed by atoms with Crippen molar-refractivity contribution in [3.8, 4) is 0 Å². The second-order valence-electron chi connectivity index (χ2n) is 5.24. The van der Waals surface area contributed by atoms with Crippen LogP contribution in [-0.2, 0) is 0 Å². The minimum atomic E-state index is -0.0694. The average Bonchev–Trinajstić information content (AvgIpc) is 2.43. The van der Waals surface area contributed by atoms with Crippen LogP contribution in [-0.4, -0.2) is 5.38 Å². The van der Waals surface area contributed by atoms with Gasteiger partial charge in [0.05, 0.1) is 0 Å². The first-order valence-electron chi connectivity index (χ1n) is 6.50. The number of hydrogen-bond acceptors (Lipinski definition) is 0. The number of halogens is 2. The molecule has 1 aliphatic rings. The van der Waals surface area contributed by atoms with E-state index in [9.17, 15) is 4.39 Å². The van der Waals surface area contributed by atoms with E-state index in [2.05, 4.69) is 6.07 Å². The molecule has 2 unspecified atom stereocenters. The topological polar surface area (TPSA) is 0 Å². The summed E-state index contributed by atoms with van der Waals surface area (Å²) in [4.78, 5) is 0. The number of aryl methyl sites for hydroxylation is 2. The van der Waals surface area contributed by atoms with Crippen LogP contribution in [0.15, 0.2) is 12.1 Å². The highest BCUT2D eigenvalue weighted by atomic mass is 35.5. The van der Waals surface area contributed by atoms with Crippen molar-refractivity contribution in [3.63, 3.8) is 0 Å². The minimum absolute atomic E-state index is 0.0694. The third-order valence-corrected chi connectivity index (χ3v) is 4.31. The predicted molar refractivity (Wildman–Crippen MR) is 71.3 cm³/mol. The molecule has 0 aliphatic heterocycles. The van der Waals surface area contributed by atoms with E-state index in [0.717, 1.165) is 29.5 Å². The Morgan fingerprint density at radius 1 is 1.12 bits per heavy atom. The largest absolute Gasteiger partial charge is 0.207 e. The Balaban J connectivity index is 2.37. The van der Waals surface area contributed by atoms with E-state index >= 15 is 0 Å². The summed E-state index contributed by atoms with van der Waals surface area (Å²) in [5.41, 5.74) is 2.90. The Bertz CT molecular complexity index is 377. The minimum Gasteiger partial charge on any atom is -0.207 e. The first kappa shape index (κ1) is 12.9. The molecule has 17 heavy (non-hydrogen) atoms. The van der Waals surface area contributed by atoms with E-state index in [1.165, 1.54) is 19.3 Å². The molecule has 0 N–H and O–H groups in total. The first-order valence-corrected chi connectivity index (χ1v) is 6.94. The zero-order valence-corrected chi connectivity index (χ0v) is 11.4. The molecule has 2 heteroatoms. The number of hydrogen-bond donors (Lipinski definition) is 0. The smallest absolute Gasteiger partial charge is 0.127 e. The molecule has 0 amide bonds. The van der Waals surface area contributed by atoms with Crippen molar-refractivity contribution in [2.75, 3.05) is 0 Å². The van der Waals surface area contributed by atoms with Gasteiger partial charge in [-0.2, -0.15) is 0 Å². The Morgan fingerprint density at radius 3 is 2.53 bits per heavy atom. The maximum Gasteiger partial charge on any atom is 0.127 e. The van der Waals surface area contributed by atoms with Crippen molar-refractivity contribution in [1.29, 1.82) is 0 Å². The summed E-state index contributed by atoms with van der Waals surface area (Å²) in [5, 5.41) is 0.0911. The molecule has 0 spiro atoms. The molecule has 0 heterocycles. The molecule has 1 aromatic rings. The van der Waals surface area contributed by atoms with Crippen LogP contribution in [0.4, 0.5) is 4.39 Å². The maximum absolute atomic E-state index is 14.1. The van der Waals surface area contributed by atoms with Gasteiger partial charge in [0.25, 0.3) is 0 Å². The molecule has 2 rings (SSSR count). The van der Waals surface area contributed by atoms with E-state index < -0.39 is 0 Å². The normalized spacial score (nSPS) is 25.6. The van der Waals surface area contributed by atoms with Crippen LogP contribution in [0.3, 0.4) is 0 Å². The zero-order chi connectivity index (χ0) is 12.4. The molecular weight excluding hydrogens is 235 g/mol. The Morgan fingerprint density at radius 2 is 1.82 bits per heavy atom. The van der Waals surface area contributed by atoms with Crippen LogP contribution in [0.5, 0.6) is 0 Å². The van der Waals surface area contributed by atoms with Crippen molar-refractivity contribution in [2.24, 2.45) is 0 Å². The fourth-order valence-electron chi connectivity index (χ4n) is 2.98. The second-order valence-corrected chi connectivity index (χ2v) is 5.80. The third kappa shape index (κ3) is 2.82. The predicted octanol–water partition coefficient (Wildman–Crippen LogP) is 5.10. The number of alkyl halides is 1. The Hall–Kier alpha value is -0.560. The summed E-state index contributed by atoms with van der Waals surface area (Å²) in [5.74, 6) is 0.125. The fraction of sp³-hybridized carbons (Fsp3) is 0.600. The SMILES string of the molecule is Cc1cc(C)c(C2CCCCCC2Cl)c(F)c1. The lowest BCUT2D eigenvalue weighted by molar-refractivity contribution is 0.537. The van der Waals surface area contributed by atoms with Crippen molar-refractivity contribution in [2.45, 2.75) is 57.2 Å². The molecule has 0 bridgehead atoms. The highest BCUT2D eigenvalue weighted by Gasteiger charge is 2.27. The van der Waals surface area contributed by atoms with E-state index in [1.54, 1.807) is 6.07 Å². The van der Waals surface area contributed by atoms with Gasteiger partial charge in [-0.25, -0.2) is 4.39 Å². The average molecular weight is 255 g/mol. The van der Waals surface area contributed by atoms with Gasteiger partial charge in [-0.1, -0.05) is 25.3 Å². The summed E-state index contributed by atoms with van der Waals surface area (Å²) >= 11 is 6.44. The lowest BCUT2D eigenvalue weighted by Crippen LogP contribution is -2.14. The van der Waals surface area contributed by atoms with Gasteiger partial charge in [-0.15, -0.1) is 11.6 Å². The van der Waals surface area contributed by atoms with Gasteiger partial charge in [-0.3, -0.25) is 0 Å². The van der Waals surface area contributed by atoms with E-state index in [4.69, 9.17) is 11.6 Å². The molecule has 2 atom stereocenters. The maximum atomic E-state index is 14.1. The summed E-state index contributed by atoms with van der Waals surface area (Å²) in [6.45, 7) is 3.94. The quantitative estimate of drug-likeness (QED) is 0.483.